The van der Waals surface area contributed by atoms with E-state index in [0.717, 1.165) is 10.4 Å². The molecule has 4 nitrogen and oxygen atoms in total. The summed E-state index contributed by atoms with van der Waals surface area (Å²) in [6, 6.07) is 7.02. The summed E-state index contributed by atoms with van der Waals surface area (Å²) in [5.74, 6) is 5.01. The average Bonchev–Trinajstić information content (AvgIpc) is 2.93. The van der Waals surface area contributed by atoms with Gasteiger partial charge in [-0.05, 0) is 30.3 Å². The fourth-order valence-electron chi connectivity index (χ4n) is 1.56. The van der Waals surface area contributed by atoms with Crippen LogP contribution in [0.15, 0.2) is 35.7 Å². The number of anilines is 1. The minimum absolute atomic E-state index is 0.177. The highest BCUT2D eigenvalue weighted by atomic mass is 32.1. The molecule has 0 fully saturated rings. The maximum Gasteiger partial charge on any atom is 0.319 e. The van der Waals surface area contributed by atoms with E-state index in [1.165, 1.54) is 35.6 Å². The molecule has 0 atom stereocenters. The van der Waals surface area contributed by atoms with Crippen LogP contribution in [-0.2, 0) is 6.54 Å². The van der Waals surface area contributed by atoms with E-state index in [9.17, 15) is 9.18 Å². The molecule has 0 spiro atoms. The normalized spacial score (nSPS) is 9.62. The molecule has 108 valence electrons. The molecule has 3 N–H and O–H groups in total. The van der Waals surface area contributed by atoms with Crippen LogP contribution in [-0.4, -0.2) is 17.7 Å². The Morgan fingerprint density at radius 2 is 2.10 bits per heavy atom. The highest BCUT2D eigenvalue weighted by molar-refractivity contribution is 7.10. The molecule has 0 unspecified atom stereocenters. The Bertz CT molecular complexity index is 671. The van der Waals surface area contributed by atoms with Crippen LogP contribution in [0.5, 0.6) is 0 Å². The molecule has 0 saturated heterocycles. The number of aliphatic hydroxyl groups is 1. The fourth-order valence-corrected chi connectivity index (χ4v) is 2.31. The molecular weight excluding hydrogens is 291 g/mol. The molecule has 1 heterocycles. The fraction of sp³-hybridized carbons (Fsp3) is 0.133. The third-order valence-electron chi connectivity index (χ3n) is 2.49. The molecule has 2 amide bonds. The highest BCUT2D eigenvalue weighted by Gasteiger charge is 2.03. The van der Waals surface area contributed by atoms with Gasteiger partial charge in [-0.15, -0.1) is 11.3 Å². The van der Waals surface area contributed by atoms with Gasteiger partial charge in [-0.2, -0.15) is 0 Å². The molecule has 0 aliphatic heterocycles. The van der Waals surface area contributed by atoms with E-state index in [2.05, 4.69) is 22.5 Å². The lowest BCUT2D eigenvalue weighted by atomic mass is 10.3. The molecule has 6 heteroatoms. The summed E-state index contributed by atoms with van der Waals surface area (Å²) in [7, 11) is 0. The second-order valence-corrected chi connectivity index (χ2v) is 5.07. The number of hydrogen-bond donors (Lipinski definition) is 3. The summed E-state index contributed by atoms with van der Waals surface area (Å²) >= 11 is 1.47. The topological polar surface area (TPSA) is 61.4 Å². The molecule has 0 bridgehead atoms. The first-order valence-corrected chi connectivity index (χ1v) is 7.03. The number of amides is 2. The van der Waals surface area contributed by atoms with Crippen LogP contribution in [0, 0.1) is 17.7 Å². The van der Waals surface area contributed by atoms with Gasteiger partial charge in [0.05, 0.1) is 6.54 Å². The molecule has 1 aromatic heterocycles. The largest absolute Gasteiger partial charge is 0.384 e. The molecule has 1 aromatic carbocycles. The van der Waals surface area contributed by atoms with Gasteiger partial charge in [-0.25, -0.2) is 9.18 Å². The smallest absolute Gasteiger partial charge is 0.319 e. The van der Waals surface area contributed by atoms with E-state index in [0.29, 0.717) is 12.2 Å². The van der Waals surface area contributed by atoms with E-state index in [1.807, 2.05) is 11.4 Å². The predicted octanol–water partition coefficient (Wildman–Crippen LogP) is 2.55. The minimum Gasteiger partial charge on any atom is -0.384 e. The second-order valence-electron chi connectivity index (χ2n) is 4.08. The number of thiophene rings is 1. The molecule has 0 aliphatic rings. The lowest BCUT2D eigenvalue weighted by Crippen LogP contribution is -2.27. The predicted molar refractivity (Wildman–Crippen MR) is 80.5 cm³/mol. The van der Waals surface area contributed by atoms with Gasteiger partial charge in [0.2, 0.25) is 0 Å². The monoisotopic (exact) mass is 304 g/mol. The van der Waals surface area contributed by atoms with Gasteiger partial charge in [-0.3, -0.25) is 0 Å². The van der Waals surface area contributed by atoms with Crippen LogP contribution in [0.1, 0.15) is 10.4 Å². The molecule has 21 heavy (non-hydrogen) atoms. The second kappa shape index (κ2) is 7.43. The number of nitrogens with one attached hydrogen (secondary N) is 2. The maximum absolute atomic E-state index is 12.7. The van der Waals surface area contributed by atoms with E-state index >= 15 is 0 Å². The van der Waals surface area contributed by atoms with Gasteiger partial charge < -0.3 is 15.7 Å². The van der Waals surface area contributed by atoms with Gasteiger partial charge in [-0.1, -0.05) is 11.8 Å². The number of aliphatic hydroxyl groups excluding tert-OH is 1. The van der Waals surface area contributed by atoms with E-state index in [-0.39, 0.29) is 18.5 Å². The van der Waals surface area contributed by atoms with E-state index in [1.54, 1.807) is 0 Å². The first kappa shape index (κ1) is 15.0. The van der Waals surface area contributed by atoms with Crippen molar-refractivity contribution in [1.82, 2.24) is 5.32 Å². The number of carbonyl (C=O) groups excluding carboxylic acids is 1. The van der Waals surface area contributed by atoms with Crippen molar-refractivity contribution in [1.29, 1.82) is 0 Å². The van der Waals surface area contributed by atoms with Crippen LogP contribution in [0.3, 0.4) is 0 Å². The lowest BCUT2D eigenvalue weighted by Gasteiger charge is -2.06. The number of halogens is 1. The lowest BCUT2D eigenvalue weighted by molar-refractivity contribution is 0.252. The van der Waals surface area contributed by atoms with Crippen molar-refractivity contribution in [2.24, 2.45) is 0 Å². The number of rotatable bonds is 3. The number of hydrogen-bond acceptors (Lipinski definition) is 3. The Morgan fingerprint density at radius 1 is 1.33 bits per heavy atom. The Kier molecular flexibility index (Phi) is 5.32. The van der Waals surface area contributed by atoms with Gasteiger partial charge in [0.15, 0.2) is 0 Å². The Morgan fingerprint density at radius 3 is 2.81 bits per heavy atom. The van der Waals surface area contributed by atoms with Crippen LogP contribution < -0.4 is 10.6 Å². The van der Waals surface area contributed by atoms with E-state index in [4.69, 9.17) is 5.11 Å². The zero-order valence-electron chi connectivity index (χ0n) is 11.0. The highest BCUT2D eigenvalue weighted by Crippen LogP contribution is 2.13. The molecule has 0 radical (unpaired) electrons. The zero-order valence-corrected chi connectivity index (χ0v) is 11.8. The average molecular weight is 304 g/mol. The van der Waals surface area contributed by atoms with Crippen molar-refractivity contribution in [3.05, 3.63) is 52.0 Å². The first-order chi connectivity index (χ1) is 10.2. The van der Waals surface area contributed by atoms with Crippen LogP contribution in [0.4, 0.5) is 14.9 Å². The van der Waals surface area contributed by atoms with Crippen molar-refractivity contribution in [3.63, 3.8) is 0 Å². The third-order valence-corrected chi connectivity index (χ3v) is 3.43. The molecule has 0 aliphatic carbocycles. The van der Waals surface area contributed by atoms with Gasteiger partial charge >= 0.3 is 6.03 Å². The summed E-state index contributed by atoms with van der Waals surface area (Å²) in [4.78, 5) is 12.6. The number of urea groups is 1. The van der Waals surface area contributed by atoms with Gasteiger partial charge in [0.25, 0.3) is 0 Å². The summed E-state index contributed by atoms with van der Waals surface area (Å²) in [5.41, 5.74) is 1.33. The molecule has 2 aromatic rings. The molecule has 2 rings (SSSR count). The van der Waals surface area contributed by atoms with Gasteiger partial charge in [0.1, 0.15) is 12.4 Å². The summed E-state index contributed by atoms with van der Waals surface area (Å²) < 4.78 is 12.7. The van der Waals surface area contributed by atoms with Crippen molar-refractivity contribution in [2.75, 3.05) is 11.9 Å². The Balaban J connectivity index is 1.83. The van der Waals surface area contributed by atoms with E-state index < -0.39 is 0 Å². The Labute approximate surface area is 125 Å². The molecule has 0 saturated carbocycles. The zero-order chi connectivity index (χ0) is 15.1. The van der Waals surface area contributed by atoms with Crippen molar-refractivity contribution in [3.8, 4) is 11.8 Å². The third kappa shape index (κ3) is 4.91. The molecular formula is C15H13FN2O2S. The van der Waals surface area contributed by atoms with Crippen molar-refractivity contribution >= 4 is 23.1 Å². The quantitative estimate of drug-likeness (QED) is 0.763. The van der Waals surface area contributed by atoms with Crippen LogP contribution in [0.2, 0.25) is 0 Å². The van der Waals surface area contributed by atoms with Gasteiger partial charge in [0, 0.05) is 21.5 Å². The standard InChI is InChI=1S/C15H13FN2O2S/c16-12-3-5-13(6-4-12)18-15(20)17-9-14-8-11(10-21-14)2-1-7-19/h3-6,8,10,19H,7,9H2,(H2,17,18,20). The van der Waals surface area contributed by atoms with Crippen molar-refractivity contribution in [2.45, 2.75) is 6.54 Å². The van der Waals surface area contributed by atoms with Crippen molar-refractivity contribution < 1.29 is 14.3 Å². The van der Waals surface area contributed by atoms with Crippen LogP contribution >= 0.6 is 11.3 Å². The summed E-state index contributed by atoms with van der Waals surface area (Å²) in [6.07, 6.45) is 0. The first-order valence-electron chi connectivity index (χ1n) is 6.15. The number of carbonyl (C=O) groups is 1. The summed E-state index contributed by atoms with van der Waals surface area (Å²) in [5, 5.41) is 15.8. The maximum atomic E-state index is 12.7. The Hall–Kier alpha value is -2.36. The van der Waals surface area contributed by atoms with Crippen LogP contribution in [0.25, 0.3) is 0 Å². The minimum atomic E-state index is -0.363. The number of benzene rings is 1. The SMILES string of the molecule is O=C(NCc1cc(C#CCO)cs1)Nc1ccc(F)cc1. The summed E-state index contributed by atoms with van der Waals surface area (Å²) in [6.45, 7) is 0.196.